The van der Waals surface area contributed by atoms with E-state index < -0.39 is 11.5 Å². The minimum Gasteiger partial charge on any atom is -0.494 e. The number of hydrogen-bond donors (Lipinski definition) is 0. The van der Waals surface area contributed by atoms with Gasteiger partial charge in [-0.25, -0.2) is 4.98 Å². The molecule has 0 bridgehead atoms. The van der Waals surface area contributed by atoms with Gasteiger partial charge >= 0.3 is 5.97 Å². The lowest BCUT2D eigenvalue weighted by Gasteiger charge is -2.06. The molecule has 0 fully saturated rings. The van der Waals surface area contributed by atoms with E-state index in [-0.39, 0.29) is 12.1 Å². The second-order valence-electron chi connectivity index (χ2n) is 4.85. The van der Waals surface area contributed by atoms with Gasteiger partial charge in [0.25, 0.3) is 5.56 Å². The van der Waals surface area contributed by atoms with Crippen LogP contribution in [0.15, 0.2) is 35.4 Å². The van der Waals surface area contributed by atoms with Gasteiger partial charge in [0.2, 0.25) is 0 Å². The van der Waals surface area contributed by atoms with E-state index >= 15 is 0 Å². The van der Waals surface area contributed by atoms with E-state index in [1.54, 1.807) is 24.3 Å². The monoisotopic (exact) mass is 329 g/mol. The number of esters is 1. The molecule has 0 amide bonds. The molecule has 0 unspecified atom stereocenters. The van der Waals surface area contributed by atoms with Gasteiger partial charge in [0.1, 0.15) is 18.6 Å². The van der Waals surface area contributed by atoms with Gasteiger partial charge < -0.3 is 9.47 Å². The van der Waals surface area contributed by atoms with Crippen LogP contribution in [0.1, 0.15) is 6.92 Å². The summed E-state index contributed by atoms with van der Waals surface area (Å²) in [4.78, 5) is 27.8. The molecule has 3 aromatic rings. The zero-order valence-corrected chi connectivity index (χ0v) is 13.2. The van der Waals surface area contributed by atoms with Crippen molar-refractivity contribution in [1.29, 1.82) is 0 Å². The third-order valence-corrected chi connectivity index (χ3v) is 3.35. The highest BCUT2D eigenvalue weighted by molar-refractivity contribution is 5.72. The maximum atomic E-state index is 12.3. The average Bonchev–Trinajstić information content (AvgIpc) is 3.03. The summed E-state index contributed by atoms with van der Waals surface area (Å²) in [6.07, 6.45) is 1.27. The Morgan fingerprint density at radius 3 is 2.67 bits per heavy atom. The van der Waals surface area contributed by atoms with E-state index in [0.717, 1.165) is 10.3 Å². The second-order valence-corrected chi connectivity index (χ2v) is 4.85. The van der Waals surface area contributed by atoms with Crippen LogP contribution in [-0.4, -0.2) is 44.2 Å². The Kier molecular flexibility index (Phi) is 4.23. The van der Waals surface area contributed by atoms with Crippen molar-refractivity contribution < 1.29 is 14.3 Å². The van der Waals surface area contributed by atoms with Crippen LogP contribution in [0.4, 0.5) is 0 Å². The van der Waals surface area contributed by atoms with Crippen molar-refractivity contribution in [2.24, 2.45) is 0 Å². The van der Waals surface area contributed by atoms with Gasteiger partial charge in [0, 0.05) is 0 Å². The van der Waals surface area contributed by atoms with E-state index in [2.05, 4.69) is 20.0 Å². The van der Waals surface area contributed by atoms with Crippen molar-refractivity contribution in [3.63, 3.8) is 0 Å². The van der Waals surface area contributed by atoms with Gasteiger partial charge in [0.15, 0.2) is 11.2 Å². The highest BCUT2D eigenvalue weighted by Gasteiger charge is 2.14. The third kappa shape index (κ3) is 2.83. The number of rotatable bonds is 5. The lowest BCUT2D eigenvalue weighted by molar-refractivity contribution is -0.141. The molecule has 24 heavy (non-hydrogen) atoms. The second kappa shape index (κ2) is 6.49. The number of methoxy groups -OCH3 is 1. The molecule has 0 aliphatic rings. The standard InChI is InChI=1S/C15H15N5O4/c1-3-24-11-6-4-10(5-7-11)20-14-13(17-18-20)15(22)19(9-16-14)8-12(21)23-2/h4-7,9H,3,8H2,1-2H3. The number of benzene rings is 1. The number of fused-ring (bicyclic) bond motifs is 1. The summed E-state index contributed by atoms with van der Waals surface area (Å²) in [5, 5.41) is 7.86. The molecule has 0 spiro atoms. The fourth-order valence-corrected chi connectivity index (χ4v) is 2.18. The lowest BCUT2D eigenvalue weighted by atomic mass is 10.3. The van der Waals surface area contributed by atoms with Crippen molar-refractivity contribution in [1.82, 2.24) is 24.5 Å². The van der Waals surface area contributed by atoms with Gasteiger partial charge in [0.05, 0.1) is 19.4 Å². The van der Waals surface area contributed by atoms with E-state index in [9.17, 15) is 9.59 Å². The van der Waals surface area contributed by atoms with Crippen LogP contribution in [-0.2, 0) is 16.1 Å². The topological polar surface area (TPSA) is 101 Å². The molecule has 2 heterocycles. The predicted molar refractivity (Wildman–Crippen MR) is 84.1 cm³/mol. The Morgan fingerprint density at radius 2 is 2.00 bits per heavy atom. The van der Waals surface area contributed by atoms with Gasteiger partial charge in [-0.05, 0) is 31.2 Å². The normalized spacial score (nSPS) is 10.8. The van der Waals surface area contributed by atoms with Gasteiger partial charge in [-0.3, -0.25) is 14.2 Å². The van der Waals surface area contributed by atoms with Crippen molar-refractivity contribution >= 4 is 17.1 Å². The number of carbonyl (C=O) groups excluding carboxylic acids is 1. The van der Waals surface area contributed by atoms with Gasteiger partial charge in [-0.1, -0.05) is 5.21 Å². The van der Waals surface area contributed by atoms with Crippen LogP contribution in [0.2, 0.25) is 0 Å². The molecule has 0 aliphatic carbocycles. The number of nitrogens with zero attached hydrogens (tertiary/aromatic N) is 5. The summed E-state index contributed by atoms with van der Waals surface area (Å²) in [6, 6.07) is 7.18. The fraction of sp³-hybridized carbons (Fsp3) is 0.267. The first-order valence-electron chi connectivity index (χ1n) is 7.25. The third-order valence-electron chi connectivity index (χ3n) is 3.35. The molecule has 0 saturated carbocycles. The molecule has 0 radical (unpaired) electrons. The summed E-state index contributed by atoms with van der Waals surface area (Å²) in [5.41, 5.74) is 0.627. The van der Waals surface area contributed by atoms with Gasteiger partial charge in [-0.2, -0.15) is 4.68 Å². The highest BCUT2D eigenvalue weighted by Crippen LogP contribution is 2.16. The van der Waals surface area contributed by atoms with Crippen LogP contribution in [0.25, 0.3) is 16.9 Å². The summed E-state index contributed by atoms with van der Waals surface area (Å²) in [7, 11) is 1.25. The summed E-state index contributed by atoms with van der Waals surface area (Å²) in [6.45, 7) is 2.25. The Balaban J connectivity index is 2.00. The highest BCUT2D eigenvalue weighted by atomic mass is 16.5. The molecule has 9 nitrogen and oxygen atoms in total. The van der Waals surface area contributed by atoms with E-state index in [1.807, 2.05) is 6.92 Å². The number of carbonyl (C=O) groups is 1. The molecule has 2 aromatic heterocycles. The Labute approximate surface area is 136 Å². The first-order chi connectivity index (χ1) is 11.6. The SMILES string of the molecule is CCOc1ccc(-n2nnc3c(=O)n(CC(=O)OC)cnc32)cc1. The van der Waals surface area contributed by atoms with Crippen molar-refractivity contribution in [3.05, 3.63) is 40.9 Å². The molecule has 0 saturated heterocycles. The Bertz CT molecular complexity index is 929. The Morgan fingerprint density at radius 1 is 1.25 bits per heavy atom. The summed E-state index contributed by atoms with van der Waals surface area (Å²) >= 11 is 0. The quantitative estimate of drug-likeness (QED) is 0.630. The number of ether oxygens (including phenoxy) is 2. The largest absolute Gasteiger partial charge is 0.494 e. The van der Waals surface area contributed by atoms with E-state index in [4.69, 9.17) is 4.74 Å². The van der Waals surface area contributed by atoms with Crippen LogP contribution < -0.4 is 10.3 Å². The minimum absolute atomic E-state index is 0.0790. The molecule has 124 valence electrons. The van der Waals surface area contributed by atoms with E-state index in [1.165, 1.54) is 18.1 Å². The van der Waals surface area contributed by atoms with Crippen LogP contribution in [0, 0.1) is 0 Å². The van der Waals surface area contributed by atoms with Crippen molar-refractivity contribution in [2.45, 2.75) is 13.5 Å². The summed E-state index contributed by atoms with van der Waals surface area (Å²) in [5.74, 6) is 0.191. The molecular weight excluding hydrogens is 314 g/mol. The van der Waals surface area contributed by atoms with Crippen LogP contribution in [0.3, 0.4) is 0 Å². The molecule has 0 aliphatic heterocycles. The molecule has 9 heteroatoms. The smallest absolute Gasteiger partial charge is 0.325 e. The van der Waals surface area contributed by atoms with Crippen LogP contribution in [0.5, 0.6) is 5.75 Å². The lowest BCUT2D eigenvalue weighted by Crippen LogP contribution is -2.25. The first kappa shape index (κ1) is 15.7. The first-order valence-corrected chi connectivity index (χ1v) is 7.25. The molecule has 0 atom stereocenters. The summed E-state index contributed by atoms with van der Waals surface area (Å²) < 4.78 is 12.5. The minimum atomic E-state index is -0.544. The fourth-order valence-electron chi connectivity index (χ4n) is 2.18. The number of aromatic nitrogens is 5. The van der Waals surface area contributed by atoms with Crippen LogP contribution >= 0.6 is 0 Å². The van der Waals surface area contributed by atoms with Crippen molar-refractivity contribution in [2.75, 3.05) is 13.7 Å². The van der Waals surface area contributed by atoms with E-state index in [0.29, 0.717) is 17.9 Å². The average molecular weight is 329 g/mol. The Hall–Kier alpha value is -3.23. The molecule has 1 aromatic carbocycles. The predicted octanol–water partition coefficient (Wildman–Crippen LogP) is 0.549. The zero-order chi connectivity index (χ0) is 17.1. The molecule has 3 rings (SSSR count). The maximum absolute atomic E-state index is 12.3. The zero-order valence-electron chi connectivity index (χ0n) is 13.2. The van der Waals surface area contributed by atoms with Gasteiger partial charge in [-0.15, -0.1) is 5.10 Å². The molecular formula is C15H15N5O4. The number of hydrogen-bond acceptors (Lipinski definition) is 7. The maximum Gasteiger partial charge on any atom is 0.325 e. The van der Waals surface area contributed by atoms with Crippen molar-refractivity contribution in [3.8, 4) is 11.4 Å². The molecule has 0 N–H and O–H groups in total.